The Hall–Kier alpha value is -2.81. The summed E-state index contributed by atoms with van der Waals surface area (Å²) in [5.41, 5.74) is 0.0805. The van der Waals surface area contributed by atoms with E-state index < -0.39 is 29.8 Å². The first-order chi connectivity index (χ1) is 18.1. The fraction of sp³-hybridized carbons (Fsp3) is 0.690. The predicted octanol–water partition coefficient (Wildman–Crippen LogP) is 3.16. The Kier molecular flexibility index (Phi) is 14.0. The Balaban J connectivity index is 0.000000323. The van der Waals surface area contributed by atoms with Crippen LogP contribution < -0.4 is 21.1 Å². The maximum Gasteiger partial charge on any atom is 0.408 e. The number of benzene rings is 1. The minimum absolute atomic E-state index is 0.0118. The number of carboxylic acids is 1. The summed E-state index contributed by atoms with van der Waals surface area (Å²) in [6.07, 6.45) is 13.3. The van der Waals surface area contributed by atoms with E-state index in [1.54, 1.807) is 20.8 Å². The fourth-order valence-corrected chi connectivity index (χ4v) is 4.83. The largest absolute Gasteiger partial charge is 0.548 e. The molecule has 1 atom stereocenters. The molecule has 2 aliphatic rings. The minimum Gasteiger partial charge on any atom is -0.548 e. The standard InChI is InChI=1S/C17H24N2O6.C12H23N/c1-17(2,3)25-16(23)19-13(14(20)21)9-10-18-15(22)24-11-12-7-5-4-6-8-12;1-3-7-11(8-4-1)13-12-9-5-2-6-10-12/h4-8,13H,9-11H2,1-3H3,(H,18,22)(H,19,23)(H,20,21);11-13H,1-10H2/t13-;/m0./s1. The number of quaternary nitrogens is 1. The summed E-state index contributed by atoms with van der Waals surface area (Å²) in [6.45, 7) is 5.06. The van der Waals surface area contributed by atoms with Gasteiger partial charge >= 0.3 is 12.2 Å². The molecular weight excluding hydrogens is 486 g/mol. The van der Waals surface area contributed by atoms with Crippen molar-refractivity contribution in [2.45, 2.75) is 122 Å². The van der Waals surface area contributed by atoms with Gasteiger partial charge in [-0.1, -0.05) is 43.2 Å². The van der Waals surface area contributed by atoms with Crippen molar-refractivity contribution in [3.63, 3.8) is 0 Å². The van der Waals surface area contributed by atoms with Crippen LogP contribution in [0.3, 0.4) is 0 Å². The predicted molar refractivity (Wildman–Crippen MR) is 143 cm³/mol. The van der Waals surface area contributed by atoms with Crippen LogP contribution >= 0.6 is 0 Å². The van der Waals surface area contributed by atoms with Gasteiger partial charge in [-0.3, -0.25) is 0 Å². The molecule has 0 saturated heterocycles. The molecule has 0 bridgehead atoms. The zero-order chi connectivity index (χ0) is 27.8. The lowest BCUT2D eigenvalue weighted by atomic mass is 9.91. The lowest BCUT2D eigenvalue weighted by molar-refractivity contribution is -0.725. The first kappa shape index (κ1) is 31.4. The second-order valence-electron chi connectivity index (χ2n) is 11.3. The Morgan fingerprint density at radius 1 is 0.921 bits per heavy atom. The van der Waals surface area contributed by atoms with Crippen LogP contribution in [-0.4, -0.2) is 48.4 Å². The normalized spacial score (nSPS) is 17.3. The van der Waals surface area contributed by atoms with Crippen molar-refractivity contribution in [3.05, 3.63) is 35.9 Å². The van der Waals surface area contributed by atoms with Crippen LogP contribution in [0.2, 0.25) is 0 Å². The zero-order valence-corrected chi connectivity index (χ0v) is 23.3. The topological polar surface area (TPSA) is 133 Å². The van der Waals surface area contributed by atoms with Crippen molar-refractivity contribution >= 4 is 18.2 Å². The molecule has 4 N–H and O–H groups in total. The summed E-state index contributed by atoms with van der Waals surface area (Å²) in [5.74, 6) is -1.47. The molecule has 38 heavy (non-hydrogen) atoms. The first-order valence-corrected chi connectivity index (χ1v) is 14.1. The van der Waals surface area contributed by atoms with Gasteiger partial charge in [0.2, 0.25) is 0 Å². The number of nitrogens with two attached hydrogens (primary N) is 1. The highest BCUT2D eigenvalue weighted by molar-refractivity contribution is 5.78. The van der Waals surface area contributed by atoms with Crippen molar-refractivity contribution in [3.8, 4) is 0 Å². The molecule has 1 aromatic rings. The Labute approximate surface area is 227 Å². The van der Waals surface area contributed by atoms with E-state index in [4.69, 9.17) is 9.47 Å². The number of carboxylic acid groups (broad SMARTS) is 1. The number of rotatable bonds is 9. The number of carbonyl (C=O) groups excluding carboxylic acids is 3. The summed E-state index contributed by atoms with van der Waals surface area (Å²) < 4.78 is 9.97. The minimum atomic E-state index is -1.47. The SMILES string of the molecule is C1CCC([NH2+]C2CCCCC2)CC1.CC(C)(C)OC(=O)N[C@@H](CCNC(=O)OCc1ccccc1)C(=O)[O-]. The van der Waals surface area contributed by atoms with Crippen molar-refractivity contribution < 1.29 is 34.3 Å². The van der Waals surface area contributed by atoms with Gasteiger partial charge in [0.1, 0.15) is 12.2 Å². The van der Waals surface area contributed by atoms with E-state index in [0.29, 0.717) is 0 Å². The summed E-state index contributed by atoms with van der Waals surface area (Å²) >= 11 is 0. The molecule has 0 heterocycles. The molecule has 0 aliphatic heterocycles. The third-order valence-electron chi connectivity index (χ3n) is 6.73. The Bertz CT molecular complexity index is 814. The molecule has 214 valence electrons. The van der Waals surface area contributed by atoms with Crippen molar-refractivity contribution in [2.24, 2.45) is 0 Å². The highest BCUT2D eigenvalue weighted by Crippen LogP contribution is 2.18. The third-order valence-corrected chi connectivity index (χ3v) is 6.73. The second-order valence-corrected chi connectivity index (χ2v) is 11.3. The number of carbonyl (C=O) groups is 3. The summed E-state index contributed by atoms with van der Waals surface area (Å²) in [7, 11) is 0. The van der Waals surface area contributed by atoms with E-state index in [2.05, 4.69) is 16.0 Å². The quantitative estimate of drug-likeness (QED) is 0.447. The van der Waals surface area contributed by atoms with Gasteiger partial charge in [-0.15, -0.1) is 0 Å². The Morgan fingerprint density at radius 3 is 1.97 bits per heavy atom. The van der Waals surface area contributed by atoms with Gasteiger partial charge in [-0.2, -0.15) is 0 Å². The summed E-state index contributed by atoms with van der Waals surface area (Å²) in [6, 6.07) is 9.82. The van der Waals surface area contributed by atoms with E-state index in [9.17, 15) is 19.5 Å². The molecule has 2 saturated carbocycles. The van der Waals surface area contributed by atoms with E-state index in [1.165, 1.54) is 64.2 Å². The van der Waals surface area contributed by atoms with Crippen LogP contribution in [0.15, 0.2) is 30.3 Å². The van der Waals surface area contributed by atoms with E-state index in [0.717, 1.165) is 17.6 Å². The van der Waals surface area contributed by atoms with Crippen LogP contribution in [0.25, 0.3) is 0 Å². The number of hydrogen-bond acceptors (Lipinski definition) is 6. The number of aliphatic carboxylic acids is 1. The smallest absolute Gasteiger partial charge is 0.408 e. The zero-order valence-electron chi connectivity index (χ0n) is 23.3. The second kappa shape index (κ2) is 16.9. The molecule has 0 unspecified atom stereocenters. The Morgan fingerprint density at radius 2 is 1.47 bits per heavy atom. The van der Waals surface area contributed by atoms with Crippen LogP contribution in [0.5, 0.6) is 0 Å². The number of ether oxygens (including phenoxy) is 2. The molecule has 2 fully saturated rings. The molecule has 2 amide bonds. The molecule has 2 aliphatic carbocycles. The molecule has 3 rings (SSSR count). The maximum absolute atomic E-state index is 11.6. The van der Waals surface area contributed by atoms with Gasteiger partial charge in [0.15, 0.2) is 0 Å². The average molecular weight is 534 g/mol. The third kappa shape index (κ3) is 14.2. The molecule has 9 heteroatoms. The lowest BCUT2D eigenvalue weighted by Crippen LogP contribution is -2.95. The van der Waals surface area contributed by atoms with E-state index >= 15 is 0 Å². The van der Waals surface area contributed by atoms with E-state index in [-0.39, 0.29) is 19.6 Å². The highest BCUT2D eigenvalue weighted by Gasteiger charge is 2.23. The maximum atomic E-state index is 11.6. The van der Waals surface area contributed by atoms with Gasteiger partial charge in [-0.05, 0) is 84.1 Å². The van der Waals surface area contributed by atoms with Gasteiger partial charge in [-0.25, -0.2) is 9.59 Å². The van der Waals surface area contributed by atoms with Crippen LogP contribution in [0.4, 0.5) is 9.59 Å². The fourth-order valence-electron chi connectivity index (χ4n) is 4.83. The average Bonchev–Trinajstić information content (AvgIpc) is 2.88. The van der Waals surface area contributed by atoms with Gasteiger partial charge < -0.3 is 35.3 Å². The molecule has 9 nitrogen and oxygen atoms in total. The number of nitrogens with one attached hydrogen (secondary N) is 2. The molecule has 0 spiro atoms. The molecular formula is C29H47N3O6. The lowest BCUT2D eigenvalue weighted by Gasteiger charge is -2.27. The molecule has 0 radical (unpaired) electrons. The first-order valence-electron chi connectivity index (χ1n) is 14.1. The monoisotopic (exact) mass is 533 g/mol. The van der Waals surface area contributed by atoms with Gasteiger partial charge in [0.25, 0.3) is 0 Å². The number of alkyl carbamates (subject to hydrolysis) is 2. The summed E-state index contributed by atoms with van der Waals surface area (Å²) in [5, 5.41) is 18.4. The van der Waals surface area contributed by atoms with Crippen molar-refractivity contribution in [1.29, 1.82) is 0 Å². The van der Waals surface area contributed by atoms with Crippen LogP contribution in [0, 0.1) is 0 Å². The number of hydrogen-bond donors (Lipinski definition) is 3. The van der Waals surface area contributed by atoms with Gasteiger partial charge in [0, 0.05) is 6.54 Å². The van der Waals surface area contributed by atoms with Crippen molar-refractivity contribution in [2.75, 3.05) is 6.54 Å². The molecule has 1 aromatic carbocycles. The number of amides is 2. The molecule has 0 aromatic heterocycles. The van der Waals surface area contributed by atoms with Crippen LogP contribution in [0.1, 0.15) is 97.0 Å². The highest BCUT2D eigenvalue weighted by atomic mass is 16.6. The van der Waals surface area contributed by atoms with E-state index in [1.807, 2.05) is 30.3 Å². The van der Waals surface area contributed by atoms with Crippen LogP contribution in [-0.2, 0) is 20.9 Å². The van der Waals surface area contributed by atoms with Crippen molar-refractivity contribution in [1.82, 2.24) is 10.6 Å². The van der Waals surface area contributed by atoms with Gasteiger partial charge in [0.05, 0.1) is 24.1 Å². The summed E-state index contributed by atoms with van der Waals surface area (Å²) in [4.78, 5) is 34.2.